The van der Waals surface area contributed by atoms with Crippen molar-refractivity contribution in [3.63, 3.8) is 0 Å². The van der Waals surface area contributed by atoms with E-state index < -0.39 is 0 Å². The number of carbonyl (C=O) groups excluding carboxylic acids is 1. The average Bonchev–Trinajstić information content (AvgIpc) is 3.05. The van der Waals surface area contributed by atoms with E-state index in [0.717, 1.165) is 29.7 Å². The number of morpholine rings is 1. The highest BCUT2D eigenvalue weighted by Crippen LogP contribution is 2.21. The fourth-order valence-corrected chi connectivity index (χ4v) is 4.37. The molecule has 1 saturated heterocycles. The quantitative estimate of drug-likeness (QED) is 0.752. The zero-order chi connectivity index (χ0) is 17.5. The van der Waals surface area contributed by atoms with Gasteiger partial charge < -0.3 is 10.1 Å². The zero-order valence-electron chi connectivity index (χ0n) is 14.3. The van der Waals surface area contributed by atoms with E-state index in [4.69, 9.17) is 4.74 Å². The van der Waals surface area contributed by atoms with Crippen molar-refractivity contribution in [2.75, 3.05) is 32.0 Å². The van der Waals surface area contributed by atoms with E-state index in [1.165, 1.54) is 17.3 Å². The summed E-state index contributed by atoms with van der Waals surface area (Å²) in [5, 5.41) is 4.98. The minimum atomic E-state index is 0.0293. The molecule has 134 valence electrons. The van der Waals surface area contributed by atoms with Crippen LogP contribution in [0.4, 0.5) is 0 Å². The van der Waals surface area contributed by atoms with Gasteiger partial charge in [-0.3, -0.25) is 9.69 Å². The van der Waals surface area contributed by atoms with Gasteiger partial charge in [-0.2, -0.15) is 0 Å². The van der Waals surface area contributed by atoms with E-state index in [2.05, 4.69) is 39.5 Å². The lowest BCUT2D eigenvalue weighted by atomic mass is 10.2. The molecule has 1 atom stereocenters. The van der Waals surface area contributed by atoms with Crippen LogP contribution in [0.3, 0.4) is 0 Å². The summed E-state index contributed by atoms with van der Waals surface area (Å²) < 4.78 is 6.73. The monoisotopic (exact) mass is 377 g/mol. The number of hydrogen-bond acceptors (Lipinski definition) is 6. The fraction of sp³-hybridized carbons (Fsp3) is 0.444. The highest BCUT2D eigenvalue weighted by atomic mass is 32.2. The first kappa shape index (κ1) is 18.4. The molecule has 2 heterocycles. The normalized spacial score (nSPS) is 18.2. The van der Waals surface area contributed by atoms with Crippen LogP contribution >= 0.6 is 23.1 Å². The molecule has 5 nitrogen and oxygen atoms in total. The number of aromatic nitrogens is 1. The Bertz CT molecular complexity index is 678. The SMILES string of the molecule is Cc1csc(SCC(=O)NCC2CN(Cc3ccccc3)CCO2)n1. The molecule has 3 rings (SSSR count). The van der Waals surface area contributed by atoms with Gasteiger partial charge in [-0.15, -0.1) is 11.3 Å². The number of carbonyl (C=O) groups is 1. The summed E-state index contributed by atoms with van der Waals surface area (Å²) in [6, 6.07) is 10.4. The number of benzene rings is 1. The van der Waals surface area contributed by atoms with Gasteiger partial charge in [0.25, 0.3) is 0 Å². The van der Waals surface area contributed by atoms with Crippen LogP contribution in [0.2, 0.25) is 0 Å². The predicted molar refractivity (Wildman–Crippen MR) is 102 cm³/mol. The van der Waals surface area contributed by atoms with Crippen molar-refractivity contribution >= 4 is 29.0 Å². The molecule has 1 amide bonds. The molecule has 1 aliphatic rings. The molecule has 0 radical (unpaired) electrons. The molecule has 0 aliphatic carbocycles. The number of aryl methyl sites for hydroxylation is 1. The molecular formula is C18H23N3O2S2. The van der Waals surface area contributed by atoms with Gasteiger partial charge in [0, 0.05) is 37.3 Å². The second-order valence-corrected chi connectivity index (χ2v) is 8.14. The number of nitrogens with zero attached hydrogens (tertiary/aromatic N) is 2. The maximum atomic E-state index is 12.0. The third-order valence-corrected chi connectivity index (χ3v) is 6.06. The summed E-state index contributed by atoms with van der Waals surface area (Å²) in [5.74, 6) is 0.426. The van der Waals surface area contributed by atoms with Crippen molar-refractivity contribution in [3.8, 4) is 0 Å². The lowest BCUT2D eigenvalue weighted by molar-refractivity contribution is -0.119. The van der Waals surface area contributed by atoms with Crippen LogP contribution < -0.4 is 5.32 Å². The maximum Gasteiger partial charge on any atom is 0.230 e. The topological polar surface area (TPSA) is 54.5 Å². The van der Waals surface area contributed by atoms with Crippen molar-refractivity contribution in [2.45, 2.75) is 23.9 Å². The van der Waals surface area contributed by atoms with Crippen molar-refractivity contribution in [1.29, 1.82) is 0 Å². The van der Waals surface area contributed by atoms with Gasteiger partial charge in [-0.25, -0.2) is 4.98 Å². The maximum absolute atomic E-state index is 12.0. The molecule has 25 heavy (non-hydrogen) atoms. The van der Waals surface area contributed by atoms with Crippen LogP contribution in [0.1, 0.15) is 11.3 Å². The summed E-state index contributed by atoms with van der Waals surface area (Å²) in [4.78, 5) is 18.7. The summed E-state index contributed by atoms with van der Waals surface area (Å²) in [7, 11) is 0. The van der Waals surface area contributed by atoms with Crippen molar-refractivity contribution in [1.82, 2.24) is 15.2 Å². The van der Waals surface area contributed by atoms with Crippen LogP contribution in [-0.2, 0) is 16.1 Å². The predicted octanol–water partition coefficient (Wildman–Crippen LogP) is 2.56. The molecule has 0 bridgehead atoms. The molecule has 7 heteroatoms. The fourth-order valence-electron chi connectivity index (χ4n) is 2.69. The number of nitrogens with one attached hydrogen (secondary N) is 1. The van der Waals surface area contributed by atoms with Gasteiger partial charge in [-0.1, -0.05) is 42.1 Å². The Labute approximate surface area is 156 Å². The Kier molecular flexibility index (Phi) is 6.86. The Morgan fingerprint density at radius 2 is 2.28 bits per heavy atom. The van der Waals surface area contributed by atoms with E-state index in [1.54, 1.807) is 11.3 Å². The second-order valence-electron chi connectivity index (χ2n) is 6.06. The Morgan fingerprint density at radius 3 is 3.04 bits per heavy atom. The van der Waals surface area contributed by atoms with Gasteiger partial charge in [0.05, 0.1) is 18.5 Å². The standard InChI is InChI=1S/C18H23N3O2S2/c1-14-12-24-18(20-14)25-13-17(22)19-9-16-11-21(7-8-23-16)10-15-5-3-2-4-6-15/h2-6,12,16H,7-11,13H2,1H3,(H,19,22). The number of rotatable bonds is 7. The molecule has 1 N–H and O–H groups in total. The van der Waals surface area contributed by atoms with Gasteiger partial charge in [-0.05, 0) is 12.5 Å². The van der Waals surface area contributed by atoms with Crippen molar-refractivity contribution < 1.29 is 9.53 Å². The highest BCUT2D eigenvalue weighted by molar-refractivity contribution is 8.01. The Hall–Kier alpha value is -1.41. The first-order valence-electron chi connectivity index (χ1n) is 8.38. The van der Waals surface area contributed by atoms with Crippen molar-refractivity contribution in [3.05, 3.63) is 47.0 Å². The van der Waals surface area contributed by atoms with E-state index in [9.17, 15) is 4.79 Å². The van der Waals surface area contributed by atoms with E-state index in [-0.39, 0.29) is 12.0 Å². The van der Waals surface area contributed by atoms with Crippen LogP contribution in [0.5, 0.6) is 0 Å². The van der Waals surface area contributed by atoms with E-state index >= 15 is 0 Å². The zero-order valence-corrected chi connectivity index (χ0v) is 15.9. The van der Waals surface area contributed by atoms with Crippen LogP contribution in [0.15, 0.2) is 40.1 Å². The van der Waals surface area contributed by atoms with Gasteiger partial charge in [0.2, 0.25) is 5.91 Å². The lowest BCUT2D eigenvalue weighted by Crippen LogP contribution is -2.47. The molecule has 1 fully saturated rings. The van der Waals surface area contributed by atoms with Gasteiger partial charge >= 0.3 is 0 Å². The summed E-state index contributed by atoms with van der Waals surface area (Å²) in [6.45, 7) is 5.92. The summed E-state index contributed by atoms with van der Waals surface area (Å²) >= 11 is 3.06. The first-order chi connectivity index (χ1) is 12.2. The molecule has 0 spiro atoms. The van der Waals surface area contributed by atoms with Gasteiger partial charge in [0.15, 0.2) is 4.34 Å². The summed E-state index contributed by atoms with van der Waals surface area (Å²) in [5.41, 5.74) is 2.31. The number of hydrogen-bond donors (Lipinski definition) is 1. The molecule has 1 aromatic heterocycles. The number of amides is 1. The van der Waals surface area contributed by atoms with Crippen molar-refractivity contribution in [2.24, 2.45) is 0 Å². The number of thiazole rings is 1. The minimum Gasteiger partial charge on any atom is -0.374 e. The third-order valence-electron chi connectivity index (χ3n) is 3.92. The Balaban J connectivity index is 1.38. The van der Waals surface area contributed by atoms with E-state index in [0.29, 0.717) is 18.9 Å². The molecule has 0 saturated carbocycles. The second kappa shape index (κ2) is 9.33. The highest BCUT2D eigenvalue weighted by Gasteiger charge is 2.21. The van der Waals surface area contributed by atoms with Crippen LogP contribution in [0.25, 0.3) is 0 Å². The minimum absolute atomic E-state index is 0.0293. The molecule has 1 aromatic carbocycles. The molecule has 2 aromatic rings. The Morgan fingerprint density at radius 1 is 1.44 bits per heavy atom. The smallest absolute Gasteiger partial charge is 0.230 e. The molecular weight excluding hydrogens is 354 g/mol. The first-order valence-corrected chi connectivity index (χ1v) is 10.2. The average molecular weight is 378 g/mol. The van der Waals surface area contributed by atoms with Crippen LogP contribution in [0, 0.1) is 6.92 Å². The number of thioether (sulfide) groups is 1. The summed E-state index contributed by atoms with van der Waals surface area (Å²) in [6.07, 6.45) is 0.0496. The largest absolute Gasteiger partial charge is 0.374 e. The van der Waals surface area contributed by atoms with Crippen LogP contribution in [-0.4, -0.2) is 53.9 Å². The lowest BCUT2D eigenvalue weighted by Gasteiger charge is -2.33. The molecule has 1 aliphatic heterocycles. The van der Waals surface area contributed by atoms with E-state index in [1.807, 2.05) is 18.4 Å². The molecule has 1 unspecified atom stereocenters. The number of ether oxygens (including phenoxy) is 1. The van der Waals surface area contributed by atoms with Gasteiger partial charge in [0.1, 0.15) is 0 Å². The third kappa shape index (κ3) is 6.11.